The smallest absolute Gasteiger partial charge is 0.261 e. The summed E-state index contributed by atoms with van der Waals surface area (Å²) < 4.78 is 28.8. The summed E-state index contributed by atoms with van der Waals surface area (Å²) in [5.74, 6) is 0.321. The number of ether oxygens (including phenoxy) is 1. The highest BCUT2D eigenvalue weighted by Crippen LogP contribution is 2.26. The van der Waals surface area contributed by atoms with Crippen LogP contribution in [0.2, 0.25) is 5.02 Å². The van der Waals surface area contributed by atoms with E-state index in [2.05, 4.69) is 5.32 Å². The Hall–Kier alpha value is -2.05. The molecule has 0 saturated heterocycles. The summed E-state index contributed by atoms with van der Waals surface area (Å²) in [6, 6.07) is 9.76. The van der Waals surface area contributed by atoms with E-state index in [1.807, 2.05) is 20.8 Å². The minimum atomic E-state index is -3.24. The number of hydrogen-bond acceptors (Lipinski definition) is 4. The van der Waals surface area contributed by atoms with Crippen LogP contribution in [-0.4, -0.2) is 26.7 Å². The molecule has 7 heteroatoms. The Morgan fingerprint density at radius 3 is 2.07 bits per heavy atom. The van der Waals surface area contributed by atoms with Crippen LogP contribution in [0.15, 0.2) is 41.3 Å². The Labute approximate surface area is 165 Å². The van der Waals surface area contributed by atoms with Gasteiger partial charge in [-0.2, -0.15) is 0 Å². The second kappa shape index (κ2) is 8.31. The standard InChI is InChI=1S/C20H24ClNO4S/c1-12-10-17(11-13(2)19(12)21)26-15(4)20(23)22-14(3)16-6-8-18(9-7-16)27(5,24)25/h6-11,14-15H,1-5H3,(H,22,23)/t14-,15+/m0/s1. The van der Waals surface area contributed by atoms with Crippen molar-refractivity contribution in [3.8, 4) is 5.75 Å². The Morgan fingerprint density at radius 2 is 1.59 bits per heavy atom. The zero-order valence-corrected chi connectivity index (χ0v) is 17.6. The molecule has 2 rings (SSSR count). The molecule has 0 heterocycles. The topological polar surface area (TPSA) is 72.5 Å². The minimum Gasteiger partial charge on any atom is -0.481 e. The molecule has 0 saturated carbocycles. The van der Waals surface area contributed by atoms with Crippen molar-refractivity contribution in [2.45, 2.75) is 44.7 Å². The summed E-state index contributed by atoms with van der Waals surface area (Å²) in [7, 11) is -3.24. The molecular formula is C20H24ClNO4S. The number of benzene rings is 2. The molecule has 0 unspecified atom stereocenters. The van der Waals surface area contributed by atoms with Crippen LogP contribution in [0.3, 0.4) is 0 Å². The zero-order valence-electron chi connectivity index (χ0n) is 16.0. The Balaban J connectivity index is 2.03. The lowest BCUT2D eigenvalue weighted by Gasteiger charge is -2.20. The summed E-state index contributed by atoms with van der Waals surface area (Å²) in [6.45, 7) is 7.27. The van der Waals surface area contributed by atoms with Gasteiger partial charge < -0.3 is 10.1 Å². The van der Waals surface area contributed by atoms with Gasteiger partial charge in [-0.1, -0.05) is 23.7 Å². The maximum Gasteiger partial charge on any atom is 0.261 e. The van der Waals surface area contributed by atoms with E-state index < -0.39 is 15.9 Å². The zero-order chi connectivity index (χ0) is 20.4. The maximum absolute atomic E-state index is 12.4. The molecule has 1 amide bonds. The predicted molar refractivity (Wildman–Crippen MR) is 107 cm³/mol. The number of sulfone groups is 1. The first-order valence-corrected chi connectivity index (χ1v) is 10.8. The van der Waals surface area contributed by atoms with Crippen LogP contribution in [0, 0.1) is 13.8 Å². The molecule has 0 aromatic heterocycles. The molecule has 0 bridgehead atoms. The van der Waals surface area contributed by atoms with Gasteiger partial charge in [-0.25, -0.2) is 8.42 Å². The van der Waals surface area contributed by atoms with Gasteiger partial charge in [0.1, 0.15) is 5.75 Å². The second-order valence-electron chi connectivity index (χ2n) is 6.70. The van der Waals surface area contributed by atoms with Crippen molar-refractivity contribution in [1.29, 1.82) is 0 Å². The van der Waals surface area contributed by atoms with Crippen LogP contribution in [0.4, 0.5) is 0 Å². The third-order valence-corrected chi connectivity index (χ3v) is 5.98. The SMILES string of the molecule is Cc1cc(O[C@H](C)C(=O)N[C@@H](C)c2ccc(S(C)(=O)=O)cc2)cc(C)c1Cl. The summed E-state index contributed by atoms with van der Waals surface area (Å²) in [5, 5.41) is 3.56. The van der Waals surface area contributed by atoms with Gasteiger partial charge in [0.05, 0.1) is 10.9 Å². The average molecular weight is 410 g/mol. The first kappa shape index (κ1) is 21.3. The van der Waals surface area contributed by atoms with Gasteiger partial charge in [0.15, 0.2) is 15.9 Å². The van der Waals surface area contributed by atoms with E-state index >= 15 is 0 Å². The maximum atomic E-state index is 12.4. The number of aryl methyl sites for hydroxylation is 2. The molecule has 2 atom stereocenters. The second-order valence-corrected chi connectivity index (χ2v) is 9.10. The van der Waals surface area contributed by atoms with E-state index in [4.69, 9.17) is 16.3 Å². The van der Waals surface area contributed by atoms with E-state index in [-0.39, 0.29) is 16.8 Å². The molecule has 2 aromatic rings. The van der Waals surface area contributed by atoms with Crippen LogP contribution < -0.4 is 10.1 Å². The van der Waals surface area contributed by atoms with Crippen molar-refractivity contribution in [3.05, 3.63) is 58.1 Å². The number of carbonyl (C=O) groups excluding carboxylic acids is 1. The van der Waals surface area contributed by atoms with Crippen LogP contribution in [-0.2, 0) is 14.6 Å². The summed E-state index contributed by atoms with van der Waals surface area (Å²) >= 11 is 6.15. The molecule has 0 spiro atoms. The molecule has 0 aliphatic heterocycles. The molecule has 1 N–H and O–H groups in total. The number of hydrogen-bond donors (Lipinski definition) is 1. The Bertz CT molecular complexity index is 916. The fourth-order valence-electron chi connectivity index (χ4n) is 2.65. The summed E-state index contributed by atoms with van der Waals surface area (Å²) in [4.78, 5) is 12.7. The van der Waals surface area contributed by atoms with Gasteiger partial charge >= 0.3 is 0 Å². The summed E-state index contributed by atoms with van der Waals surface area (Å²) in [6.07, 6.45) is 0.467. The highest BCUT2D eigenvalue weighted by molar-refractivity contribution is 7.90. The quantitative estimate of drug-likeness (QED) is 0.782. The number of halogens is 1. The van der Waals surface area contributed by atoms with Gasteiger partial charge in [0, 0.05) is 11.3 Å². The van der Waals surface area contributed by atoms with E-state index in [0.29, 0.717) is 10.8 Å². The van der Waals surface area contributed by atoms with Crippen molar-refractivity contribution >= 4 is 27.3 Å². The molecule has 0 aliphatic rings. The lowest BCUT2D eigenvalue weighted by Crippen LogP contribution is -2.37. The van der Waals surface area contributed by atoms with E-state index in [1.54, 1.807) is 31.2 Å². The number of carbonyl (C=O) groups is 1. The van der Waals surface area contributed by atoms with Crippen LogP contribution in [0.5, 0.6) is 5.75 Å². The van der Waals surface area contributed by atoms with Gasteiger partial charge in [-0.05, 0) is 68.7 Å². The van der Waals surface area contributed by atoms with E-state index in [1.165, 1.54) is 12.1 Å². The molecular weight excluding hydrogens is 386 g/mol. The summed E-state index contributed by atoms with van der Waals surface area (Å²) in [5.41, 5.74) is 2.58. The van der Waals surface area contributed by atoms with Gasteiger partial charge in [0.25, 0.3) is 5.91 Å². The molecule has 27 heavy (non-hydrogen) atoms. The molecule has 2 aromatic carbocycles. The average Bonchev–Trinajstić information content (AvgIpc) is 2.58. The van der Waals surface area contributed by atoms with Crippen molar-refractivity contribution in [2.24, 2.45) is 0 Å². The van der Waals surface area contributed by atoms with Crippen molar-refractivity contribution in [2.75, 3.05) is 6.26 Å². The van der Waals surface area contributed by atoms with Crippen molar-refractivity contribution < 1.29 is 17.9 Å². The van der Waals surface area contributed by atoms with Crippen LogP contribution >= 0.6 is 11.6 Å². The molecule has 5 nitrogen and oxygen atoms in total. The molecule has 0 fully saturated rings. The lowest BCUT2D eigenvalue weighted by molar-refractivity contribution is -0.127. The third kappa shape index (κ3) is 5.47. The van der Waals surface area contributed by atoms with Gasteiger partial charge in [0.2, 0.25) is 0 Å². The van der Waals surface area contributed by atoms with Crippen LogP contribution in [0.1, 0.15) is 36.6 Å². The van der Waals surface area contributed by atoms with E-state index in [0.717, 1.165) is 22.9 Å². The minimum absolute atomic E-state index is 0.245. The number of nitrogens with one attached hydrogen (secondary N) is 1. The highest BCUT2D eigenvalue weighted by Gasteiger charge is 2.19. The molecule has 0 radical (unpaired) electrons. The Morgan fingerprint density at radius 1 is 1.07 bits per heavy atom. The normalized spacial score (nSPS) is 13.7. The molecule has 146 valence electrons. The predicted octanol–water partition coefficient (Wildman–Crippen LogP) is 4.01. The van der Waals surface area contributed by atoms with E-state index in [9.17, 15) is 13.2 Å². The molecule has 0 aliphatic carbocycles. The van der Waals surface area contributed by atoms with Gasteiger partial charge in [-0.15, -0.1) is 0 Å². The van der Waals surface area contributed by atoms with Gasteiger partial charge in [-0.3, -0.25) is 4.79 Å². The first-order valence-electron chi connectivity index (χ1n) is 8.53. The third-order valence-electron chi connectivity index (χ3n) is 4.26. The lowest BCUT2D eigenvalue weighted by atomic mass is 10.1. The van der Waals surface area contributed by atoms with Crippen LogP contribution in [0.25, 0.3) is 0 Å². The van der Waals surface area contributed by atoms with Crippen molar-refractivity contribution in [3.63, 3.8) is 0 Å². The largest absolute Gasteiger partial charge is 0.481 e. The fourth-order valence-corrected chi connectivity index (χ4v) is 3.39. The monoisotopic (exact) mass is 409 g/mol. The number of rotatable bonds is 6. The fraction of sp³-hybridized carbons (Fsp3) is 0.350. The Kier molecular flexibility index (Phi) is 6.54. The number of amides is 1. The van der Waals surface area contributed by atoms with Crippen molar-refractivity contribution in [1.82, 2.24) is 5.32 Å². The highest BCUT2D eigenvalue weighted by atomic mass is 35.5. The first-order chi connectivity index (χ1) is 12.5.